The van der Waals surface area contributed by atoms with Gasteiger partial charge in [-0.3, -0.25) is 0 Å². The highest BCUT2D eigenvalue weighted by Crippen LogP contribution is 2.33. The Kier molecular flexibility index (Phi) is 16.7. The molecule has 0 spiro atoms. The first-order chi connectivity index (χ1) is 26.9. The minimum absolute atomic E-state index is 0.0326. The highest BCUT2D eigenvalue weighted by molar-refractivity contribution is 4.83. The highest BCUT2D eigenvalue weighted by Gasteiger charge is 2.42. The van der Waals surface area contributed by atoms with E-state index in [9.17, 15) is 15.3 Å². The Morgan fingerprint density at radius 1 is 0.473 bits per heavy atom. The van der Waals surface area contributed by atoms with E-state index < -0.39 is 49.9 Å². The van der Waals surface area contributed by atoms with E-state index in [1.165, 1.54) is 0 Å². The average Bonchev–Trinajstić information content (AvgIpc) is 3.67. The molecule has 0 aromatic rings. The Balaban J connectivity index is 0.867. The van der Waals surface area contributed by atoms with E-state index in [1.54, 1.807) is 0 Å². The highest BCUT2D eigenvalue weighted by atomic mass is 16.8. The van der Waals surface area contributed by atoms with Crippen molar-refractivity contribution in [1.29, 1.82) is 0 Å². The van der Waals surface area contributed by atoms with Crippen molar-refractivity contribution in [3.8, 4) is 0 Å². The molecule has 7 aliphatic rings. The molecule has 0 aromatic heterocycles. The lowest BCUT2D eigenvalue weighted by molar-refractivity contribution is -0.324. The molecule has 0 aliphatic carbocycles. The zero-order valence-electron chi connectivity index (χ0n) is 32.4. The van der Waals surface area contributed by atoms with E-state index in [0.29, 0.717) is 77.5 Å². The summed E-state index contributed by atoms with van der Waals surface area (Å²) in [5.41, 5.74) is 0. The summed E-state index contributed by atoms with van der Waals surface area (Å²) in [7, 11) is 0. The van der Waals surface area contributed by atoms with E-state index in [4.69, 9.17) is 61.6 Å². The minimum atomic E-state index is -0.573. The molecular weight excluding hydrogens is 724 g/mol. The standard InChI is InChI=1S/C39H66O16/c1-2-3-26-6-7-29(20-43-26)52-39-32(54-37-13-8-27(17-41)49-37)14-30(22-48-39)51-34-12-9-28(21-46-34)50-38-15-31(53-35-10-4-24(16-40)18-44-35)33(23-47-38)55-36-11-5-25(42)19-45-36/h24-42H,2-23H2,1H3. The van der Waals surface area contributed by atoms with Crippen LogP contribution in [0.3, 0.4) is 0 Å². The summed E-state index contributed by atoms with van der Waals surface area (Å²) in [6, 6.07) is 0. The summed E-state index contributed by atoms with van der Waals surface area (Å²) in [5.74, 6) is 0.123. The summed E-state index contributed by atoms with van der Waals surface area (Å²) in [4.78, 5) is 0. The van der Waals surface area contributed by atoms with Crippen LogP contribution in [0.15, 0.2) is 0 Å². The number of aliphatic hydroxyl groups is 3. The molecule has 16 atom stereocenters. The molecule has 0 saturated carbocycles. The predicted octanol–water partition coefficient (Wildman–Crippen LogP) is 2.65. The van der Waals surface area contributed by atoms with Gasteiger partial charge in [-0.15, -0.1) is 0 Å². The fraction of sp³-hybridized carbons (Fsp3) is 1.00. The van der Waals surface area contributed by atoms with Crippen molar-refractivity contribution in [2.45, 2.75) is 189 Å². The molecule has 7 saturated heterocycles. The first-order valence-electron chi connectivity index (χ1n) is 21.1. The van der Waals surface area contributed by atoms with Crippen molar-refractivity contribution < 1.29 is 76.9 Å². The molecule has 318 valence electrons. The summed E-state index contributed by atoms with van der Waals surface area (Å²) in [6.45, 7) is 4.43. The molecule has 0 amide bonds. The number of hydrogen-bond acceptors (Lipinski definition) is 16. The van der Waals surface area contributed by atoms with Crippen molar-refractivity contribution in [1.82, 2.24) is 0 Å². The van der Waals surface area contributed by atoms with Gasteiger partial charge in [-0.2, -0.15) is 0 Å². The topological polar surface area (TPSA) is 181 Å². The third kappa shape index (κ3) is 12.7. The monoisotopic (exact) mass is 790 g/mol. The van der Waals surface area contributed by atoms with Crippen molar-refractivity contribution in [3.05, 3.63) is 0 Å². The molecule has 16 heteroatoms. The quantitative estimate of drug-likeness (QED) is 0.208. The molecule has 0 radical (unpaired) electrons. The summed E-state index contributed by atoms with van der Waals surface area (Å²) < 4.78 is 80.6. The maximum Gasteiger partial charge on any atom is 0.184 e. The number of aliphatic hydroxyl groups excluding tert-OH is 3. The Morgan fingerprint density at radius 2 is 1.11 bits per heavy atom. The van der Waals surface area contributed by atoms with Crippen LogP contribution in [0, 0.1) is 5.92 Å². The lowest BCUT2D eigenvalue weighted by atomic mass is 10.0. The van der Waals surface area contributed by atoms with E-state index in [0.717, 1.165) is 44.9 Å². The maximum atomic E-state index is 9.85. The van der Waals surface area contributed by atoms with Gasteiger partial charge in [0.15, 0.2) is 37.7 Å². The molecule has 7 aliphatic heterocycles. The normalized spacial score (nSPS) is 44.7. The van der Waals surface area contributed by atoms with Crippen LogP contribution in [0.4, 0.5) is 0 Å². The van der Waals surface area contributed by atoms with Gasteiger partial charge in [-0.05, 0) is 51.4 Å². The van der Waals surface area contributed by atoms with Gasteiger partial charge in [0.2, 0.25) is 0 Å². The Bertz CT molecular complexity index is 1070. The third-order valence-electron chi connectivity index (χ3n) is 11.7. The number of rotatable bonds is 16. The number of hydrogen-bond donors (Lipinski definition) is 3. The van der Waals surface area contributed by atoms with Crippen molar-refractivity contribution in [3.63, 3.8) is 0 Å². The van der Waals surface area contributed by atoms with Gasteiger partial charge in [0.25, 0.3) is 0 Å². The van der Waals surface area contributed by atoms with E-state index in [1.807, 2.05) is 0 Å². The SMILES string of the molecule is CCCC1CCC(OC2OCC(OC3CCC(OC4CC(OC5CCC(CO)CO5)C(OC5CCC(O)CO5)CO4)CO3)CC2OC2CCC(CO)O2)CO1. The first kappa shape index (κ1) is 42.5. The lowest BCUT2D eigenvalue weighted by Gasteiger charge is -2.42. The van der Waals surface area contributed by atoms with Crippen LogP contribution in [0.2, 0.25) is 0 Å². The van der Waals surface area contributed by atoms with Crippen LogP contribution in [0.1, 0.15) is 96.8 Å². The first-order valence-corrected chi connectivity index (χ1v) is 21.1. The smallest absolute Gasteiger partial charge is 0.184 e. The van der Waals surface area contributed by atoms with Crippen molar-refractivity contribution >= 4 is 0 Å². The zero-order chi connectivity index (χ0) is 38.0. The summed E-state index contributed by atoms with van der Waals surface area (Å²) in [5, 5.41) is 29.0. The summed E-state index contributed by atoms with van der Waals surface area (Å²) >= 11 is 0. The molecule has 16 nitrogen and oxygen atoms in total. The van der Waals surface area contributed by atoms with Crippen LogP contribution < -0.4 is 0 Å². The van der Waals surface area contributed by atoms with Crippen molar-refractivity contribution in [2.24, 2.45) is 5.92 Å². The number of ether oxygens (including phenoxy) is 13. The lowest BCUT2D eigenvalue weighted by Crippen LogP contribution is -2.51. The fourth-order valence-electron chi connectivity index (χ4n) is 8.49. The molecule has 0 aromatic carbocycles. The second kappa shape index (κ2) is 21.6. The van der Waals surface area contributed by atoms with E-state index >= 15 is 0 Å². The molecule has 55 heavy (non-hydrogen) atoms. The van der Waals surface area contributed by atoms with Gasteiger partial charge in [-0.1, -0.05) is 13.3 Å². The van der Waals surface area contributed by atoms with Crippen LogP contribution in [-0.4, -0.2) is 161 Å². The Labute approximate surface area is 324 Å². The Morgan fingerprint density at radius 3 is 1.80 bits per heavy atom. The van der Waals surface area contributed by atoms with Gasteiger partial charge in [-0.25, -0.2) is 0 Å². The van der Waals surface area contributed by atoms with Gasteiger partial charge in [0, 0.05) is 44.6 Å². The second-order valence-electron chi connectivity index (χ2n) is 16.2. The fourth-order valence-corrected chi connectivity index (χ4v) is 8.49. The van der Waals surface area contributed by atoms with Crippen molar-refractivity contribution in [2.75, 3.05) is 52.9 Å². The molecule has 0 bridgehead atoms. The molecule has 7 rings (SSSR count). The molecule has 7 heterocycles. The minimum Gasteiger partial charge on any atom is -0.396 e. The Hall–Kier alpha value is -0.640. The zero-order valence-corrected chi connectivity index (χ0v) is 32.4. The van der Waals surface area contributed by atoms with Gasteiger partial charge in [0.05, 0.1) is 89.0 Å². The summed E-state index contributed by atoms with van der Waals surface area (Å²) in [6.07, 6.45) is 5.70. The molecule has 16 unspecified atom stereocenters. The molecule has 7 fully saturated rings. The maximum absolute atomic E-state index is 9.85. The van der Waals surface area contributed by atoms with Crippen LogP contribution in [-0.2, 0) is 61.6 Å². The van der Waals surface area contributed by atoms with Crippen LogP contribution in [0.25, 0.3) is 0 Å². The van der Waals surface area contributed by atoms with E-state index in [-0.39, 0.29) is 69.0 Å². The largest absolute Gasteiger partial charge is 0.396 e. The van der Waals surface area contributed by atoms with Gasteiger partial charge in [0.1, 0.15) is 12.2 Å². The van der Waals surface area contributed by atoms with Gasteiger partial charge >= 0.3 is 0 Å². The average molecular weight is 791 g/mol. The second-order valence-corrected chi connectivity index (χ2v) is 16.2. The van der Waals surface area contributed by atoms with Gasteiger partial charge < -0.3 is 76.9 Å². The molecule has 3 N–H and O–H groups in total. The third-order valence-corrected chi connectivity index (χ3v) is 11.7. The molecular formula is C39H66O16. The van der Waals surface area contributed by atoms with Crippen LogP contribution >= 0.6 is 0 Å². The van der Waals surface area contributed by atoms with Crippen LogP contribution in [0.5, 0.6) is 0 Å². The van der Waals surface area contributed by atoms with E-state index in [2.05, 4.69) is 6.92 Å². The predicted molar refractivity (Wildman–Crippen MR) is 190 cm³/mol.